The van der Waals surface area contributed by atoms with Gasteiger partial charge in [-0.2, -0.15) is 0 Å². The summed E-state index contributed by atoms with van der Waals surface area (Å²) in [7, 11) is 2.13. The van der Waals surface area contributed by atoms with Gasteiger partial charge in [-0.15, -0.1) is 0 Å². The molecule has 2 aliphatic rings. The van der Waals surface area contributed by atoms with Crippen molar-refractivity contribution in [1.82, 2.24) is 0 Å². The molecule has 0 saturated carbocycles. The van der Waals surface area contributed by atoms with E-state index in [1.807, 2.05) is 0 Å². The summed E-state index contributed by atoms with van der Waals surface area (Å²) >= 11 is 0.275. The molecule has 0 bridgehead atoms. The van der Waals surface area contributed by atoms with Crippen LogP contribution in [0.3, 0.4) is 0 Å². The zero-order valence-electron chi connectivity index (χ0n) is 15.7. The van der Waals surface area contributed by atoms with E-state index in [1.54, 1.807) is 0 Å². The van der Waals surface area contributed by atoms with Crippen molar-refractivity contribution in [3.8, 4) is 0 Å². The fraction of sp³-hybridized carbons (Fsp3) is 0.0385. The van der Waals surface area contributed by atoms with Gasteiger partial charge in [-0.05, 0) is 0 Å². The topological polar surface area (TPSA) is 3.01 Å². The summed E-state index contributed by atoms with van der Waals surface area (Å²) in [5.41, 5.74) is 7.81. The van der Waals surface area contributed by atoms with E-state index in [-0.39, 0.29) is 15.0 Å². The molecule has 0 spiro atoms. The number of fused-ring (bicyclic) bond motifs is 1. The van der Waals surface area contributed by atoms with Crippen molar-refractivity contribution in [3.05, 3.63) is 119 Å². The van der Waals surface area contributed by atoms with Crippen molar-refractivity contribution in [2.24, 2.45) is 0 Å². The Morgan fingerprint density at radius 2 is 1.18 bits per heavy atom. The number of nitrogens with zero attached hydrogens (tertiary/aromatic N) is 1. The molecule has 2 aliphatic heterocycles. The third-order valence-electron chi connectivity index (χ3n) is 5.12. The number of allylic oxidation sites excluding steroid dienone is 4. The average Bonchev–Trinajstić information content (AvgIpc) is 3.12. The van der Waals surface area contributed by atoms with Gasteiger partial charge in [-0.1, -0.05) is 0 Å². The van der Waals surface area contributed by atoms with E-state index in [9.17, 15) is 0 Å². The van der Waals surface area contributed by atoms with Crippen LogP contribution in [0.25, 0.3) is 14.5 Å². The Morgan fingerprint density at radius 3 is 1.79 bits per heavy atom. The van der Waals surface area contributed by atoms with Gasteiger partial charge in [0.15, 0.2) is 0 Å². The molecule has 0 unspecified atom stereocenters. The molecule has 0 atom stereocenters. The van der Waals surface area contributed by atoms with Gasteiger partial charge >= 0.3 is 172 Å². The second-order valence-electron chi connectivity index (χ2n) is 6.98. The van der Waals surface area contributed by atoms with Crippen molar-refractivity contribution < 1.29 is 4.58 Å². The minimum absolute atomic E-state index is 0.275. The molecular formula is C26H20NSe+. The Hall–Kier alpha value is -2.93. The average molecular weight is 425 g/mol. The van der Waals surface area contributed by atoms with Crippen LogP contribution in [-0.4, -0.2) is 32.8 Å². The van der Waals surface area contributed by atoms with Crippen LogP contribution in [0.4, 0.5) is 5.69 Å². The van der Waals surface area contributed by atoms with Gasteiger partial charge in [0.05, 0.1) is 0 Å². The monoisotopic (exact) mass is 426 g/mol. The Kier molecular flexibility index (Phi) is 4.44. The maximum atomic E-state index is 2.39. The van der Waals surface area contributed by atoms with Gasteiger partial charge < -0.3 is 0 Å². The Bertz CT molecular complexity index is 1110. The molecule has 0 N–H and O–H groups in total. The standard InChI is InChI=1S/C26H20NSe/c1-27-18-23(22-14-8-9-15-24(22)27)21-16-25(19-10-4-2-5-11-19)28-26(17-21)20-12-6-3-7-13-20/h2-18H,1H3/q+1. The summed E-state index contributed by atoms with van der Waals surface area (Å²) in [6, 6.07) is 30.2. The van der Waals surface area contributed by atoms with E-state index >= 15 is 0 Å². The van der Waals surface area contributed by atoms with Crippen LogP contribution in [0.2, 0.25) is 0 Å². The molecule has 134 valence electrons. The molecule has 2 heterocycles. The molecule has 0 aromatic heterocycles. The van der Waals surface area contributed by atoms with Gasteiger partial charge in [-0.3, -0.25) is 0 Å². The summed E-state index contributed by atoms with van der Waals surface area (Å²) in [6.45, 7) is 0. The first-order valence-corrected chi connectivity index (χ1v) is 11.1. The van der Waals surface area contributed by atoms with Gasteiger partial charge in [-0.25, -0.2) is 0 Å². The molecule has 3 aromatic rings. The first-order chi connectivity index (χ1) is 13.8. The SMILES string of the molecule is C[N+]1=CC(=C2C=C(c3ccccc3)[Se]C(c3ccccc3)=C2)c2ccccc21. The van der Waals surface area contributed by atoms with Crippen molar-refractivity contribution >= 4 is 41.4 Å². The van der Waals surface area contributed by atoms with E-state index in [0.29, 0.717) is 0 Å². The van der Waals surface area contributed by atoms with Gasteiger partial charge in [0.25, 0.3) is 0 Å². The molecule has 28 heavy (non-hydrogen) atoms. The van der Waals surface area contributed by atoms with Crippen LogP contribution >= 0.6 is 0 Å². The summed E-state index contributed by atoms with van der Waals surface area (Å²) in [5, 5.41) is 0. The summed E-state index contributed by atoms with van der Waals surface area (Å²) in [6.07, 6.45) is 7.05. The maximum absolute atomic E-state index is 2.39. The van der Waals surface area contributed by atoms with Crippen LogP contribution < -0.4 is 0 Å². The molecule has 0 radical (unpaired) electrons. The molecular weight excluding hydrogens is 405 g/mol. The van der Waals surface area contributed by atoms with E-state index in [0.717, 1.165) is 0 Å². The third kappa shape index (κ3) is 3.11. The molecule has 0 saturated heterocycles. The van der Waals surface area contributed by atoms with Crippen molar-refractivity contribution in [3.63, 3.8) is 0 Å². The Morgan fingerprint density at radius 1 is 0.643 bits per heavy atom. The summed E-state index contributed by atoms with van der Waals surface area (Å²) < 4.78 is 5.08. The number of hydrogen-bond donors (Lipinski definition) is 0. The van der Waals surface area contributed by atoms with E-state index < -0.39 is 0 Å². The fourth-order valence-corrected chi connectivity index (χ4v) is 6.06. The number of hydrogen-bond acceptors (Lipinski definition) is 0. The first-order valence-electron chi connectivity index (χ1n) is 9.43. The minimum atomic E-state index is 0.275. The second kappa shape index (κ2) is 7.24. The fourth-order valence-electron chi connectivity index (χ4n) is 3.72. The van der Waals surface area contributed by atoms with Crippen LogP contribution in [0, 0.1) is 0 Å². The predicted octanol–water partition coefficient (Wildman–Crippen LogP) is 5.60. The number of rotatable bonds is 2. The van der Waals surface area contributed by atoms with Gasteiger partial charge in [0.1, 0.15) is 0 Å². The normalized spacial score (nSPS) is 15.7. The predicted molar refractivity (Wildman–Crippen MR) is 120 cm³/mol. The Balaban J connectivity index is 1.71. The van der Waals surface area contributed by atoms with E-state index in [1.165, 1.54) is 42.5 Å². The van der Waals surface area contributed by atoms with Crippen LogP contribution in [-0.2, 0) is 0 Å². The zero-order chi connectivity index (χ0) is 18.9. The molecule has 0 amide bonds. The summed E-state index contributed by atoms with van der Waals surface area (Å²) in [4.78, 5) is 0. The van der Waals surface area contributed by atoms with Crippen LogP contribution in [0.5, 0.6) is 0 Å². The molecule has 3 aromatic carbocycles. The molecule has 1 nitrogen and oxygen atoms in total. The zero-order valence-corrected chi connectivity index (χ0v) is 17.4. The van der Waals surface area contributed by atoms with Crippen molar-refractivity contribution in [1.29, 1.82) is 0 Å². The quantitative estimate of drug-likeness (QED) is 0.372. The number of para-hydroxylation sites is 1. The molecule has 0 fully saturated rings. The van der Waals surface area contributed by atoms with Gasteiger partial charge in [0.2, 0.25) is 0 Å². The van der Waals surface area contributed by atoms with Crippen LogP contribution in [0.1, 0.15) is 16.7 Å². The van der Waals surface area contributed by atoms with E-state index in [4.69, 9.17) is 0 Å². The van der Waals surface area contributed by atoms with E-state index in [2.05, 4.69) is 115 Å². The molecule has 5 rings (SSSR count). The third-order valence-corrected chi connectivity index (χ3v) is 7.52. The molecule has 2 heteroatoms. The number of benzene rings is 3. The molecule has 0 aliphatic carbocycles. The van der Waals surface area contributed by atoms with Crippen molar-refractivity contribution in [2.75, 3.05) is 7.05 Å². The second-order valence-corrected chi connectivity index (χ2v) is 9.25. The first kappa shape index (κ1) is 17.2. The summed E-state index contributed by atoms with van der Waals surface area (Å²) in [5.74, 6) is 0. The Labute approximate surface area is 172 Å². The van der Waals surface area contributed by atoms with Crippen molar-refractivity contribution in [2.45, 2.75) is 0 Å². The van der Waals surface area contributed by atoms with Gasteiger partial charge in [0, 0.05) is 0 Å². The van der Waals surface area contributed by atoms with Crippen LogP contribution in [0.15, 0.2) is 103 Å².